The second-order valence-corrected chi connectivity index (χ2v) is 3.85. The molecule has 0 amide bonds. The van der Waals surface area contributed by atoms with Gasteiger partial charge in [-0.15, -0.1) is 0 Å². The molecule has 0 radical (unpaired) electrons. The first kappa shape index (κ1) is 13.0. The van der Waals surface area contributed by atoms with Crippen LogP contribution in [0.1, 0.15) is 0 Å². The molecule has 7 nitrogen and oxygen atoms in total. The molecule has 0 spiro atoms. The van der Waals surface area contributed by atoms with E-state index in [9.17, 15) is 10.1 Å². The van der Waals surface area contributed by atoms with Crippen molar-refractivity contribution in [2.75, 3.05) is 12.4 Å². The van der Waals surface area contributed by atoms with Crippen molar-refractivity contribution in [1.29, 1.82) is 0 Å². The highest BCUT2D eigenvalue weighted by Gasteiger charge is 2.11. The van der Waals surface area contributed by atoms with Gasteiger partial charge in [-0.1, -0.05) is 11.6 Å². The Bertz CT molecular complexity index is 621. The summed E-state index contributed by atoms with van der Waals surface area (Å²) in [6, 6.07) is 5.50. The molecular formula is C11H9ClN4O3. The van der Waals surface area contributed by atoms with Gasteiger partial charge in [-0.2, -0.15) is 4.98 Å². The first-order valence-corrected chi connectivity index (χ1v) is 5.60. The van der Waals surface area contributed by atoms with Crippen molar-refractivity contribution in [3.8, 4) is 11.6 Å². The summed E-state index contributed by atoms with van der Waals surface area (Å²) in [6.45, 7) is 0. The van der Waals surface area contributed by atoms with Crippen LogP contribution in [0.4, 0.5) is 11.6 Å². The number of aromatic nitrogens is 2. The normalized spacial score (nSPS) is 10.0. The van der Waals surface area contributed by atoms with E-state index in [1.54, 1.807) is 13.1 Å². The predicted molar refractivity (Wildman–Crippen MR) is 69.8 cm³/mol. The Morgan fingerprint density at radius 2 is 2.21 bits per heavy atom. The molecule has 0 fully saturated rings. The highest BCUT2D eigenvalue weighted by Crippen LogP contribution is 2.31. The topological polar surface area (TPSA) is 90.2 Å². The third-order valence-electron chi connectivity index (χ3n) is 2.19. The van der Waals surface area contributed by atoms with Crippen molar-refractivity contribution in [3.05, 3.63) is 45.6 Å². The maximum Gasteiger partial charge on any atom is 0.271 e. The molecule has 1 aromatic heterocycles. The van der Waals surface area contributed by atoms with Gasteiger partial charge in [-0.3, -0.25) is 10.1 Å². The van der Waals surface area contributed by atoms with Crippen molar-refractivity contribution in [1.82, 2.24) is 9.97 Å². The predicted octanol–water partition coefficient (Wildman–Crippen LogP) is 2.87. The molecule has 0 unspecified atom stereocenters. The largest absolute Gasteiger partial charge is 0.437 e. The van der Waals surface area contributed by atoms with Gasteiger partial charge in [0.15, 0.2) is 0 Å². The molecular weight excluding hydrogens is 272 g/mol. The average Bonchev–Trinajstić information content (AvgIpc) is 2.41. The fourth-order valence-corrected chi connectivity index (χ4v) is 1.53. The average molecular weight is 281 g/mol. The number of nitro groups is 1. The summed E-state index contributed by atoms with van der Waals surface area (Å²) in [6.07, 6.45) is 1.52. The van der Waals surface area contributed by atoms with Crippen LogP contribution in [0.25, 0.3) is 0 Å². The van der Waals surface area contributed by atoms with Crippen LogP contribution < -0.4 is 10.1 Å². The van der Waals surface area contributed by atoms with Gasteiger partial charge >= 0.3 is 0 Å². The fraction of sp³-hybridized carbons (Fsp3) is 0.0909. The fourth-order valence-electron chi connectivity index (χ4n) is 1.32. The second kappa shape index (κ2) is 5.49. The third-order valence-corrected chi connectivity index (χ3v) is 2.49. The van der Waals surface area contributed by atoms with E-state index in [1.165, 1.54) is 24.4 Å². The number of halogens is 1. The van der Waals surface area contributed by atoms with Gasteiger partial charge in [0.2, 0.25) is 11.8 Å². The van der Waals surface area contributed by atoms with E-state index < -0.39 is 4.92 Å². The molecule has 2 rings (SSSR count). The lowest BCUT2D eigenvalue weighted by Crippen LogP contribution is -1.97. The van der Waals surface area contributed by atoms with E-state index in [-0.39, 0.29) is 22.3 Å². The van der Waals surface area contributed by atoms with Crippen LogP contribution in [0.15, 0.2) is 30.5 Å². The first-order chi connectivity index (χ1) is 9.10. The van der Waals surface area contributed by atoms with E-state index in [4.69, 9.17) is 16.3 Å². The van der Waals surface area contributed by atoms with Gasteiger partial charge in [-0.05, 0) is 6.07 Å². The van der Waals surface area contributed by atoms with E-state index in [0.29, 0.717) is 5.95 Å². The van der Waals surface area contributed by atoms with Gasteiger partial charge in [-0.25, -0.2) is 4.98 Å². The van der Waals surface area contributed by atoms with Gasteiger partial charge in [0.1, 0.15) is 5.75 Å². The molecule has 0 aliphatic heterocycles. The molecule has 0 saturated carbocycles. The van der Waals surface area contributed by atoms with Crippen molar-refractivity contribution < 1.29 is 9.66 Å². The monoisotopic (exact) mass is 280 g/mol. The minimum Gasteiger partial charge on any atom is -0.437 e. The van der Waals surface area contributed by atoms with E-state index >= 15 is 0 Å². The summed E-state index contributed by atoms with van der Waals surface area (Å²) >= 11 is 5.91. The first-order valence-electron chi connectivity index (χ1n) is 5.23. The Balaban J connectivity index is 2.25. The molecule has 1 heterocycles. The standard InChI is InChI=1S/C11H9ClN4O3/c1-13-11-14-5-4-10(15-11)19-9-3-2-7(16(17)18)6-8(9)12/h2-6H,1H3,(H,13,14,15). The number of hydrogen-bond acceptors (Lipinski definition) is 6. The molecule has 0 atom stereocenters. The minimum absolute atomic E-state index is 0.101. The summed E-state index contributed by atoms with van der Waals surface area (Å²) in [7, 11) is 1.68. The van der Waals surface area contributed by atoms with Gasteiger partial charge < -0.3 is 10.1 Å². The summed E-state index contributed by atoms with van der Waals surface area (Å²) < 4.78 is 5.44. The number of benzene rings is 1. The zero-order chi connectivity index (χ0) is 13.8. The SMILES string of the molecule is CNc1nccc(Oc2ccc([N+](=O)[O-])cc2Cl)n1. The number of anilines is 1. The van der Waals surface area contributed by atoms with Crippen LogP contribution >= 0.6 is 11.6 Å². The molecule has 8 heteroatoms. The van der Waals surface area contributed by atoms with Gasteiger partial charge in [0.25, 0.3) is 5.69 Å². The highest BCUT2D eigenvalue weighted by molar-refractivity contribution is 6.32. The quantitative estimate of drug-likeness (QED) is 0.684. The van der Waals surface area contributed by atoms with Gasteiger partial charge in [0.05, 0.1) is 9.95 Å². The Morgan fingerprint density at radius 1 is 1.42 bits per heavy atom. The molecule has 98 valence electrons. The zero-order valence-electron chi connectivity index (χ0n) is 9.83. The Labute approximate surface area is 113 Å². The van der Waals surface area contributed by atoms with Crippen LogP contribution in [-0.2, 0) is 0 Å². The molecule has 1 N–H and O–H groups in total. The Kier molecular flexibility index (Phi) is 3.76. The van der Waals surface area contributed by atoms with Gasteiger partial charge in [0, 0.05) is 31.4 Å². The number of hydrogen-bond donors (Lipinski definition) is 1. The maximum absolute atomic E-state index is 10.6. The van der Waals surface area contributed by atoms with Crippen molar-refractivity contribution in [2.45, 2.75) is 0 Å². The number of ether oxygens (including phenoxy) is 1. The zero-order valence-corrected chi connectivity index (χ0v) is 10.6. The highest BCUT2D eigenvalue weighted by atomic mass is 35.5. The number of nitro benzene ring substituents is 1. The van der Waals surface area contributed by atoms with E-state index in [1.807, 2.05) is 0 Å². The lowest BCUT2D eigenvalue weighted by atomic mass is 10.3. The van der Waals surface area contributed by atoms with E-state index in [2.05, 4.69) is 15.3 Å². The summed E-state index contributed by atoms with van der Waals surface area (Å²) in [5.41, 5.74) is -0.101. The molecule has 2 aromatic rings. The molecule has 0 bridgehead atoms. The van der Waals surface area contributed by atoms with Crippen LogP contribution in [0.5, 0.6) is 11.6 Å². The van der Waals surface area contributed by atoms with Crippen LogP contribution in [0, 0.1) is 10.1 Å². The summed E-state index contributed by atoms with van der Waals surface area (Å²) in [5.74, 6) is 0.971. The maximum atomic E-state index is 10.6. The minimum atomic E-state index is -0.528. The van der Waals surface area contributed by atoms with Crippen LogP contribution in [-0.4, -0.2) is 21.9 Å². The molecule has 19 heavy (non-hydrogen) atoms. The van der Waals surface area contributed by atoms with Crippen molar-refractivity contribution in [3.63, 3.8) is 0 Å². The number of nitrogens with one attached hydrogen (secondary N) is 1. The Hall–Kier alpha value is -2.41. The van der Waals surface area contributed by atoms with Crippen molar-refractivity contribution >= 4 is 23.2 Å². The number of rotatable bonds is 4. The summed E-state index contributed by atoms with van der Waals surface area (Å²) in [4.78, 5) is 18.0. The molecule has 1 aromatic carbocycles. The molecule has 0 saturated heterocycles. The lowest BCUT2D eigenvalue weighted by molar-refractivity contribution is -0.384. The molecule has 0 aliphatic rings. The van der Waals surface area contributed by atoms with Crippen LogP contribution in [0.2, 0.25) is 5.02 Å². The summed E-state index contributed by atoms with van der Waals surface area (Å²) in [5, 5.41) is 13.5. The number of non-ortho nitro benzene ring substituents is 1. The van der Waals surface area contributed by atoms with E-state index in [0.717, 1.165) is 0 Å². The third kappa shape index (κ3) is 3.08. The molecule has 0 aliphatic carbocycles. The van der Waals surface area contributed by atoms with Crippen LogP contribution in [0.3, 0.4) is 0 Å². The smallest absolute Gasteiger partial charge is 0.271 e. The number of nitrogens with zero attached hydrogens (tertiary/aromatic N) is 3. The Morgan fingerprint density at radius 3 is 2.84 bits per heavy atom. The van der Waals surface area contributed by atoms with Crippen molar-refractivity contribution in [2.24, 2.45) is 0 Å². The second-order valence-electron chi connectivity index (χ2n) is 3.44. The lowest BCUT2D eigenvalue weighted by Gasteiger charge is -2.07.